The van der Waals surface area contributed by atoms with E-state index in [0.29, 0.717) is 0 Å². The summed E-state index contributed by atoms with van der Waals surface area (Å²) in [5.74, 6) is 1.09. The Morgan fingerprint density at radius 1 is 0.840 bits per heavy atom. The molecule has 0 saturated heterocycles. The van der Waals surface area contributed by atoms with Crippen LogP contribution in [0.15, 0.2) is 5.57 Å². The van der Waals surface area contributed by atoms with Crippen LogP contribution in [0.2, 0.25) is 0 Å². The fourth-order valence-electron chi connectivity index (χ4n) is 4.73. The van der Waals surface area contributed by atoms with Crippen LogP contribution in [0.1, 0.15) is 61.1 Å². The summed E-state index contributed by atoms with van der Waals surface area (Å²) in [5, 5.41) is 2.71. The van der Waals surface area contributed by atoms with E-state index in [-0.39, 0.29) is 5.60 Å². The van der Waals surface area contributed by atoms with Crippen LogP contribution in [0.25, 0.3) is 16.3 Å². The van der Waals surface area contributed by atoms with Crippen LogP contribution in [-0.2, 0) is 6.54 Å². The molecule has 0 aliphatic carbocycles. The first-order valence-electron chi connectivity index (χ1n) is 9.25. The molecule has 2 heteroatoms. The quantitative estimate of drug-likeness (QED) is 0.586. The summed E-state index contributed by atoms with van der Waals surface area (Å²) in [4.78, 5) is 2.38. The van der Waals surface area contributed by atoms with Gasteiger partial charge in [-0.15, -0.1) is 0 Å². The lowest BCUT2D eigenvalue weighted by atomic mass is 9.79. The third kappa shape index (κ3) is 1.86. The molecule has 0 saturated carbocycles. The summed E-state index contributed by atoms with van der Waals surface area (Å²) in [6.45, 7) is 19.0. The molecule has 2 aliphatic heterocycles. The minimum absolute atomic E-state index is 0.263. The Hall–Kier alpha value is -1.96. The Kier molecular flexibility index (Phi) is 3.18. The van der Waals surface area contributed by atoms with E-state index in [2.05, 4.69) is 67.3 Å². The third-order valence-corrected chi connectivity index (χ3v) is 6.90. The van der Waals surface area contributed by atoms with E-state index >= 15 is 0 Å². The van der Waals surface area contributed by atoms with Crippen molar-refractivity contribution in [3.05, 3.63) is 39.0 Å². The number of hydrogen-bond acceptors (Lipinski definition) is 2. The minimum Gasteiger partial charge on any atom is -0.482 e. The number of anilines is 1. The molecule has 2 heterocycles. The zero-order valence-corrected chi connectivity index (χ0v) is 17.1. The lowest BCUT2D eigenvalue weighted by molar-refractivity contribution is 0.146. The molecular formula is C23H29NO. The molecule has 0 unspecified atom stereocenters. The van der Waals surface area contributed by atoms with Crippen LogP contribution in [-0.4, -0.2) is 12.6 Å². The molecule has 0 fully saturated rings. The largest absolute Gasteiger partial charge is 0.482 e. The Balaban J connectivity index is 2.26. The van der Waals surface area contributed by atoms with Crippen LogP contribution < -0.4 is 9.64 Å². The molecule has 0 atom stereocenters. The van der Waals surface area contributed by atoms with Crippen molar-refractivity contribution in [3.8, 4) is 5.75 Å². The molecule has 2 aromatic carbocycles. The first kappa shape index (κ1) is 16.5. The molecule has 2 aliphatic rings. The molecular weight excluding hydrogens is 306 g/mol. The Labute approximate surface area is 151 Å². The highest BCUT2D eigenvalue weighted by molar-refractivity contribution is 6.09. The van der Waals surface area contributed by atoms with Gasteiger partial charge < -0.3 is 9.64 Å². The number of rotatable bonds is 0. The van der Waals surface area contributed by atoms with Crippen molar-refractivity contribution in [1.29, 1.82) is 0 Å². The zero-order chi connectivity index (χ0) is 18.4. The van der Waals surface area contributed by atoms with Gasteiger partial charge in [-0.1, -0.05) is 0 Å². The SMILES string of the molecule is CC1=C(C)C(C)(C)Oc2c1c(C)c(C)c1c3c(c(C)c(C)c21)CN3C. The first-order valence-corrected chi connectivity index (χ1v) is 9.25. The van der Waals surface area contributed by atoms with Crippen molar-refractivity contribution >= 4 is 22.0 Å². The number of hydrogen-bond donors (Lipinski definition) is 0. The number of allylic oxidation sites excluding steroid dienone is 1. The van der Waals surface area contributed by atoms with Gasteiger partial charge in [-0.3, -0.25) is 0 Å². The number of fused-ring (bicyclic) bond motifs is 5. The Morgan fingerprint density at radius 2 is 1.44 bits per heavy atom. The molecule has 0 aromatic heterocycles. The van der Waals surface area contributed by atoms with Crippen LogP contribution in [0.5, 0.6) is 5.75 Å². The smallest absolute Gasteiger partial charge is 0.136 e. The van der Waals surface area contributed by atoms with Crippen LogP contribution in [0.3, 0.4) is 0 Å². The fourth-order valence-corrected chi connectivity index (χ4v) is 4.73. The van der Waals surface area contributed by atoms with Crippen LogP contribution in [0, 0.1) is 27.7 Å². The maximum absolute atomic E-state index is 6.66. The van der Waals surface area contributed by atoms with Gasteiger partial charge in [-0.2, -0.15) is 0 Å². The lowest BCUT2D eigenvalue weighted by Crippen LogP contribution is -2.34. The Bertz CT molecular complexity index is 992. The summed E-state index contributed by atoms with van der Waals surface area (Å²) in [6, 6.07) is 0. The van der Waals surface area contributed by atoms with E-state index in [1.165, 1.54) is 61.0 Å². The fraction of sp³-hybridized carbons (Fsp3) is 0.478. The standard InChI is InChI=1S/C23H29NO/c1-11-12(2)20-19(21-17(11)10-24(21)9)14(4)13(3)18-15(5)16(6)23(7,8)25-22(18)20/h10H2,1-9H3. The second-order valence-electron chi connectivity index (χ2n) is 8.50. The highest BCUT2D eigenvalue weighted by atomic mass is 16.5. The summed E-state index contributed by atoms with van der Waals surface area (Å²) in [5.41, 5.74) is 12.2. The van der Waals surface area contributed by atoms with E-state index in [4.69, 9.17) is 4.74 Å². The van der Waals surface area contributed by atoms with Gasteiger partial charge in [0, 0.05) is 29.9 Å². The first-order chi connectivity index (χ1) is 11.6. The average molecular weight is 335 g/mol. The van der Waals surface area contributed by atoms with E-state index in [0.717, 1.165) is 12.3 Å². The van der Waals surface area contributed by atoms with Gasteiger partial charge in [0.1, 0.15) is 11.4 Å². The van der Waals surface area contributed by atoms with Gasteiger partial charge in [0.25, 0.3) is 0 Å². The number of ether oxygens (including phenoxy) is 1. The van der Waals surface area contributed by atoms with Crippen molar-refractivity contribution in [1.82, 2.24) is 0 Å². The molecule has 0 N–H and O–H groups in total. The van der Waals surface area contributed by atoms with Gasteiger partial charge in [-0.05, 0) is 94.4 Å². The van der Waals surface area contributed by atoms with Crippen molar-refractivity contribution in [2.45, 2.75) is 67.5 Å². The van der Waals surface area contributed by atoms with E-state index in [1.807, 2.05) is 0 Å². The highest BCUT2D eigenvalue weighted by Gasteiger charge is 2.36. The average Bonchev–Trinajstić information content (AvgIpc) is 2.53. The maximum atomic E-state index is 6.66. The Morgan fingerprint density at radius 3 is 2.04 bits per heavy atom. The zero-order valence-electron chi connectivity index (χ0n) is 17.1. The molecule has 2 nitrogen and oxygen atoms in total. The van der Waals surface area contributed by atoms with Crippen molar-refractivity contribution in [2.24, 2.45) is 0 Å². The van der Waals surface area contributed by atoms with E-state index in [9.17, 15) is 0 Å². The maximum Gasteiger partial charge on any atom is 0.136 e. The molecule has 0 spiro atoms. The van der Waals surface area contributed by atoms with Gasteiger partial charge in [0.05, 0.1) is 5.69 Å². The summed E-state index contributed by atoms with van der Waals surface area (Å²) in [7, 11) is 2.20. The molecule has 0 bridgehead atoms. The predicted molar refractivity (Wildman–Crippen MR) is 108 cm³/mol. The molecule has 25 heavy (non-hydrogen) atoms. The number of benzene rings is 2. The summed E-state index contributed by atoms with van der Waals surface area (Å²) < 4.78 is 6.66. The van der Waals surface area contributed by atoms with Gasteiger partial charge in [0.15, 0.2) is 0 Å². The van der Waals surface area contributed by atoms with E-state index in [1.54, 1.807) is 0 Å². The third-order valence-electron chi connectivity index (χ3n) is 6.90. The normalized spacial score (nSPS) is 18.0. The topological polar surface area (TPSA) is 12.5 Å². The van der Waals surface area contributed by atoms with Gasteiger partial charge >= 0.3 is 0 Å². The van der Waals surface area contributed by atoms with Gasteiger partial charge in [-0.25, -0.2) is 0 Å². The molecule has 0 radical (unpaired) electrons. The molecule has 2 aromatic rings. The van der Waals surface area contributed by atoms with Crippen LogP contribution >= 0.6 is 0 Å². The van der Waals surface area contributed by atoms with Gasteiger partial charge in [0.2, 0.25) is 0 Å². The van der Waals surface area contributed by atoms with Crippen molar-refractivity contribution in [2.75, 3.05) is 11.9 Å². The number of nitrogens with zero attached hydrogens (tertiary/aromatic N) is 1. The molecule has 132 valence electrons. The number of aryl methyl sites for hydroxylation is 2. The second kappa shape index (κ2) is 4.81. The summed E-state index contributed by atoms with van der Waals surface area (Å²) in [6.07, 6.45) is 0. The predicted octanol–water partition coefficient (Wildman–Crippen LogP) is 5.99. The summed E-state index contributed by atoms with van der Waals surface area (Å²) >= 11 is 0. The monoisotopic (exact) mass is 335 g/mol. The lowest BCUT2D eigenvalue weighted by Gasteiger charge is -2.41. The van der Waals surface area contributed by atoms with Crippen molar-refractivity contribution in [3.63, 3.8) is 0 Å². The molecule has 0 amide bonds. The second-order valence-corrected chi connectivity index (χ2v) is 8.50. The van der Waals surface area contributed by atoms with Crippen molar-refractivity contribution < 1.29 is 4.74 Å². The highest BCUT2D eigenvalue weighted by Crippen LogP contribution is 2.53. The minimum atomic E-state index is -0.263. The van der Waals surface area contributed by atoms with E-state index < -0.39 is 0 Å². The van der Waals surface area contributed by atoms with Crippen LogP contribution in [0.4, 0.5) is 5.69 Å². The molecule has 4 rings (SSSR count).